The zero-order chi connectivity index (χ0) is 13.8. The Morgan fingerprint density at radius 2 is 2.05 bits per heavy atom. The number of benzene rings is 2. The Morgan fingerprint density at radius 1 is 1.26 bits per heavy atom. The number of nitrogens with zero attached hydrogens (tertiary/aromatic N) is 1. The predicted molar refractivity (Wildman–Crippen MR) is 79.5 cm³/mol. The lowest BCUT2D eigenvalue weighted by molar-refractivity contribution is 0.417. The quantitative estimate of drug-likeness (QED) is 0.847. The molecule has 96 valence electrons. The van der Waals surface area contributed by atoms with Gasteiger partial charge in [-0.1, -0.05) is 15.9 Å². The first-order valence-electron chi connectivity index (χ1n) is 5.54. The van der Waals surface area contributed by atoms with E-state index < -0.39 is 0 Å². The third-order valence-corrected chi connectivity index (χ3v) is 3.11. The van der Waals surface area contributed by atoms with Crippen LogP contribution < -0.4 is 15.8 Å². The molecule has 0 aliphatic heterocycles. The third kappa shape index (κ3) is 2.98. The van der Waals surface area contributed by atoms with Crippen molar-refractivity contribution in [2.75, 3.05) is 18.2 Å². The minimum absolute atomic E-state index is 0.446. The molecular weight excluding hydrogens is 306 g/mol. The Kier molecular flexibility index (Phi) is 3.93. The average molecular weight is 318 g/mol. The van der Waals surface area contributed by atoms with E-state index in [1.807, 2.05) is 24.3 Å². The van der Waals surface area contributed by atoms with Crippen LogP contribution in [0.25, 0.3) is 0 Å². The highest BCUT2D eigenvalue weighted by molar-refractivity contribution is 9.10. The second kappa shape index (κ2) is 5.63. The third-order valence-electron chi connectivity index (χ3n) is 2.61. The fourth-order valence-electron chi connectivity index (χ4n) is 1.68. The van der Waals surface area contributed by atoms with E-state index in [0.29, 0.717) is 11.3 Å². The summed E-state index contributed by atoms with van der Waals surface area (Å²) in [4.78, 5) is 0. The van der Waals surface area contributed by atoms with Crippen molar-refractivity contribution < 1.29 is 4.74 Å². The van der Waals surface area contributed by atoms with E-state index in [1.165, 1.54) is 0 Å². The van der Waals surface area contributed by atoms with Crippen molar-refractivity contribution in [1.29, 1.82) is 5.26 Å². The summed E-state index contributed by atoms with van der Waals surface area (Å²) in [7, 11) is 1.61. The Labute approximate surface area is 119 Å². The summed E-state index contributed by atoms with van der Waals surface area (Å²) in [5.41, 5.74) is 8.31. The molecule has 3 N–H and O–H groups in total. The van der Waals surface area contributed by atoms with Gasteiger partial charge in [-0.2, -0.15) is 5.26 Å². The van der Waals surface area contributed by atoms with Gasteiger partial charge in [0.1, 0.15) is 11.8 Å². The minimum Gasteiger partial charge on any atom is -0.495 e. The van der Waals surface area contributed by atoms with Crippen LogP contribution in [-0.4, -0.2) is 7.11 Å². The van der Waals surface area contributed by atoms with Crippen molar-refractivity contribution in [1.82, 2.24) is 0 Å². The van der Waals surface area contributed by atoms with Gasteiger partial charge < -0.3 is 15.8 Å². The van der Waals surface area contributed by atoms with E-state index >= 15 is 0 Å². The number of hydrogen-bond donors (Lipinski definition) is 2. The summed E-state index contributed by atoms with van der Waals surface area (Å²) in [5.74, 6) is 0.728. The van der Waals surface area contributed by atoms with Gasteiger partial charge in [-0.15, -0.1) is 0 Å². The lowest BCUT2D eigenvalue weighted by atomic mass is 10.1. The average Bonchev–Trinajstić information content (AvgIpc) is 2.39. The van der Waals surface area contributed by atoms with E-state index in [9.17, 15) is 0 Å². The van der Waals surface area contributed by atoms with Crippen LogP contribution in [0.2, 0.25) is 0 Å². The van der Waals surface area contributed by atoms with Gasteiger partial charge in [-0.05, 0) is 36.4 Å². The first kappa shape index (κ1) is 13.2. The molecule has 5 heteroatoms. The second-order valence-electron chi connectivity index (χ2n) is 3.88. The van der Waals surface area contributed by atoms with Gasteiger partial charge in [0, 0.05) is 10.2 Å². The number of nitriles is 1. The maximum atomic E-state index is 8.84. The smallest absolute Gasteiger partial charge is 0.142 e. The molecular formula is C14H12BrN3O. The van der Waals surface area contributed by atoms with Crippen LogP contribution in [0, 0.1) is 11.3 Å². The number of anilines is 3. The molecule has 0 saturated heterocycles. The van der Waals surface area contributed by atoms with Crippen molar-refractivity contribution in [3.05, 3.63) is 46.4 Å². The number of rotatable bonds is 3. The summed E-state index contributed by atoms with van der Waals surface area (Å²) in [6.45, 7) is 0. The zero-order valence-corrected chi connectivity index (χ0v) is 11.9. The van der Waals surface area contributed by atoms with Crippen LogP contribution in [-0.2, 0) is 0 Å². The topological polar surface area (TPSA) is 71.1 Å². The summed E-state index contributed by atoms with van der Waals surface area (Å²) >= 11 is 3.41. The number of halogens is 1. The van der Waals surface area contributed by atoms with Crippen LogP contribution in [0.15, 0.2) is 40.9 Å². The Balaban J connectivity index is 2.33. The standard InChI is InChI=1S/C14H12BrN3O/c1-19-14-5-3-10(15)6-13(14)18-11-4-2-9(8-16)12(17)7-11/h2-7,18H,17H2,1H3. The lowest BCUT2D eigenvalue weighted by Crippen LogP contribution is -1.97. The van der Waals surface area contributed by atoms with Crippen molar-refractivity contribution in [2.24, 2.45) is 0 Å². The first-order valence-corrected chi connectivity index (χ1v) is 6.33. The van der Waals surface area contributed by atoms with Crippen molar-refractivity contribution in [2.45, 2.75) is 0 Å². The zero-order valence-electron chi connectivity index (χ0n) is 10.3. The van der Waals surface area contributed by atoms with Gasteiger partial charge in [0.2, 0.25) is 0 Å². The molecule has 4 nitrogen and oxygen atoms in total. The lowest BCUT2D eigenvalue weighted by Gasteiger charge is -2.12. The van der Waals surface area contributed by atoms with E-state index in [-0.39, 0.29) is 0 Å². The molecule has 0 radical (unpaired) electrons. The highest BCUT2D eigenvalue weighted by Crippen LogP contribution is 2.31. The molecule has 0 aliphatic rings. The number of ether oxygens (including phenoxy) is 1. The Morgan fingerprint density at radius 3 is 2.68 bits per heavy atom. The predicted octanol–water partition coefficient (Wildman–Crippen LogP) is 3.66. The van der Waals surface area contributed by atoms with Crippen LogP contribution >= 0.6 is 15.9 Å². The molecule has 2 rings (SSSR count). The van der Waals surface area contributed by atoms with Gasteiger partial charge in [-0.3, -0.25) is 0 Å². The van der Waals surface area contributed by atoms with Crippen molar-refractivity contribution >= 4 is 33.0 Å². The van der Waals surface area contributed by atoms with Gasteiger partial charge in [-0.25, -0.2) is 0 Å². The fourth-order valence-corrected chi connectivity index (χ4v) is 2.04. The van der Waals surface area contributed by atoms with Crippen LogP contribution in [0.3, 0.4) is 0 Å². The SMILES string of the molecule is COc1ccc(Br)cc1Nc1ccc(C#N)c(N)c1. The van der Waals surface area contributed by atoms with Crippen LogP contribution in [0.4, 0.5) is 17.1 Å². The maximum Gasteiger partial charge on any atom is 0.142 e. The maximum absolute atomic E-state index is 8.84. The van der Waals surface area contributed by atoms with Crippen molar-refractivity contribution in [3.8, 4) is 11.8 Å². The van der Waals surface area contributed by atoms with E-state index in [2.05, 4.69) is 21.2 Å². The first-order chi connectivity index (χ1) is 9.13. The van der Waals surface area contributed by atoms with E-state index in [1.54, 1.807) is 25.3 Å². The largest absolute Gasteiger partial charge is 0.495 e. The summed E-state index contributed by atoms with van der Waals surface area (Å²) in [6.07, 6.45) is 0. The molecule has 0 bridgehead atoms. The molecule has 0 fully saturated rings. The molecule has 0 unspecified atom stereocenters. The molecule has 0 spiro atoms. The molecule has 0 heterocycles. The summed E-state index contributed by atoms with van der Waals surface area (Å²) in [5, 5.41) is 12.1. The highest BCUT2D eigenvalue weighted by atomic mass is 79.9. The number of methoxy groups -OCH3 is 1. The molecule has 0 atom stereocenters. The molecule has 0 aromatic heterocycles. The van der Waals surface area contributed by atoms with E-state index in [4.69, 9.17) is 15.7 Å². The highest BCUT2D eigenvalue weighted by Gasteiger charge is 2.05. The van der Waals surface area contributed by atoms with Gasteiger partial charge in [0.05, 0.1) is 24.0 Å². The summed E-state index contributed by atoms with van der Waals surface area (Å²) in [6, 6.07) is 12.9. The van der Waals surface area contributed by atoms with Gasteiger partial charge >= 0.3 is 0 Å². The molecule has 2 aromatic carbocycles. The van der Waals surface area contributed by atoms with Crippen LogP contribution in [0.5, 0.6) is 5.75 Å². The number of nitrogen functional groups attached to an aromatic ring is 1. The Hall–Kier alpha value is -2.19. The van der Waals surface area contributed by atoms with Gasteiger partial charge in [0.25, 0.3) is 0 Å². The van der Waals surface area contributed by atoms with Crippen molar-refractivity contribution in [3.63, 3.8) is 0 Å². The number of hydrogen-bond acceptors (Lipinski definition) is 4. The number of nitrogens with one attached hydrogen (secondary N) is 1. The molecule has 2 aromatic rings. The summed E-state index contributed by atoms with van der Waals surface area (Å²) < 4.78 is 6.22. The molecule has 0 saturated carbocycles. The molecule has 19 heavy (non-hydrogen) atoms. The van der Waals surface area contributed by atoms with E-state index in [0.717, 1.165) is 21.6 Å². The minimum atomic E-state index is 0.446. The van der Waals surface area contributed by atoms with Crippen LogP contribution in [0.1, 0.15) is 5.56 Å². The monoisotopic (exact) mass is 317 g/mol. The Bertz CT molecular complexity index is 650. The molecule has 0 amide bonds. The fraction of sp³-hybridized carbons (Fsp3) is 0.0714. The second-order valence-corrected chi connectivity index (χ2v) is 4.80. The molecule has 0 aliphatic carbocycles. The number of nitrogens with two attached hydrogens (primary N) is 1. The van der Waals surface area contributed by atoms with Gasteiger partial charge in [0.15, 0.2) is 0 Å². The normalized spacial score (nSPS) is 9.74.